The smallest absolute Gasteiger partial charge is 0.137 e. The van der Waals surface area contributed by atoms with E-state index in [1.807, 2.05) is 0 Å². The first-order chi connectivity index (χ1) is 10.9. The van der Waals surface area contributed by atoms with Crippen LogP contribution in [0.15, 0.2) is 0 Å². The minimum absolute atomic E-state index is 0.0187. The van der Waals surface area contributed by atoms with Crippen molar-refractivity contribution in [3.63, 3.8) is 0 Å². The van der Waals surface area contributed by atoms with Gasteiger partial charge in [-0.1, -0.05) is 12.8 Å². The van der Waals surface area contributed by atoms with E-state index in [1.54, 1.807) is 0 Å². The molecular formula is C20H26O3. The first-order valence-corrected chi connectivity index (χ1v) is 9.14. The first kappa shape index (κ1) is 15.4. The van der Waals surface area contributed by atoms with Crippen LogP contribution in [-0.4, -0.2) is 22.3 Å². The lowest BCUT2D eigenvalue weighted by Crippen LogP contribution is -2.55. The molecule has 4 rings (SSSR count). The van der Waals surface area contributed by atoms with Crippen molar-refractivity contribution in [3.05, 3.63) is 0 Å². The van der Waals surface area contributed by atoms with Gasteiger partial charge in [0, 0.05) is 30.6 Å². The van der Waals surface area contributed by atoms with Gasteiger partial charge in [-0.25, -0.2) is 0 Å². The van der Waals surface area contributed by atoms with E-state index in [0.29, 0.717) is 55.1 Å². The number of ketones is 2. The molecule has 0 bridgehead atoms. The summed E-state index contributed by atoms with van der Waals surface area (Å²) in [4.78, 5) is 24.5. The molecule has 3 heteroatoms. The van der Waals surface area contributed by atoms with Crippen molar-refractivity contribution in [2.24, 2.45) is 35.0 Å². The van der Waals surface area contributed by atoms with E-state index in [0.717, 1.165) is 25.7 Å². The standard InChI is InChI=1S/C20H26O3/c1-3-20(23)9-7-17-15-11-18(22)16-10-12(21)4-5-13(16)14(15)6-8-19(17,20)2/h1,13-17,23H,4-11H2,2H3/t13-,14?,15-,16+,17+,19+,20+/m1/s1. The van der Waals surface area contributed by atoms with Gasteiger partial charge < -0.3 is 5.11 Å². The predicted octanol–water partition coefficient (Wildman–Crippen LogP) is 2.75. The molecule has 0 aliphatic heterocycles. The largest absolute Gasteiger partial charge is 0.377 e. The molecule has 0 aromatic rings. The number of Topliss-reactive ketones (excluding diaryl/α,β-unsaturated/α-hetero) is 2. The van der Waals surface area contributed by atoms with E-state index in [9.17, 15) is 14.7 Å². The highest BCUT2D eigenvalue weighted by atomic mass is 16.3. The van der Waals surface area contributed by atoms with Crippen molar-refractivity contribution in [1.82, 2.24) is 0 Å². The van der Waals surface area contributed by atoms with Crippen LogP contribution in [0.2, 0.25) is 0 Å². The maximum absolute atomic E-state index is 12.7. The lowest BCUT2D eigenvalue weighted by atomic mass is 9.49. The van der Waals surface area contributed by atoms with E-state index in [2.05, 4.69) is 12.8 Å². The summed E-state index contributed by atoms with van der Waals surface area (Å²) in [6, 6.07) is 0. The van der Waals surface area contributed by atoms with Crippen molar-refractivity contribution in [2.75, 3.05) is 0 Å². The topological polar surface area (TPSA) is 54.4 Å². The minimum atomic E-state index is -1.01. The number of carbonyl (C=O) groups is 2. The second-order valence-electron chi connectivity index (χ2n) is 8.66. The van der Waals surface area contributed by atoms with Crippen molar-refractivity contribution in [1.29, 1.82) is 0 Å². The molecule has 0 saturated heterocycles. The quantitative estimate of drug-likeness (QED) is 0.700. The summed E-state index contributed by atoms with van der Waals surface area (Å²) in [5.41, 5.74) is -1.26. The fraction of sp³-hybridized carbons (Fsp3) is 0.800. The van der Waals surface area contributed by atoms with Crippen LogP contribution in [0, 0.1) is 47.3 Å². The zero-order valence-corrected chi connectivity index (χ0v) is 13.9. The molecule has 0 amide bonds. The second-order valence-corrected chi connectivity index (χ2v) is 8.66. The fourth-order valence-corrected chi connectivity index (χ4v) is 6.67. The van der Waals surface area contributed by atoms with E-state index < -0.39 is 5.60 Å². The third-order valence-electron chi connectivity index (χ3n) is 8.00. The van der Waals surface area contributed by atoms with Crippen molar-refractivity contribution in [3.8, 4) is 12.3 Å². The Bertz CT molecular complexity index is 602. The lowest BCUT2D eigenvalue weighted by molar-refractivity contribution is -0.149. The molecule has 4 aliphatic rings. The minimum Gasteiger partial charge on any atom is -0.377 e. The predicted molar refractivity (Wildman–Crippen MR) is 86.3 cm³/mol. The molecule has 0 aromatic carbocycles. The van der Waals surface area contributed by atoms with Crippen LogP contribution in [0.1, 0.15) is 58.3 Å². The SMILES string of the molecule is C#C[C@]1(O)CC[C@H]2[C@@H]3CC(=O)[C@H]4CC(=O)CC[C@@H]4C3CC[C@@]21C. The van der Waals surface area contributed by atoms with Crippen LogP contribution in [0.5, 0.6) is 0 Å². The first-order valence-electron chi connectivity index (χ1n) is 9.14. The van der Waals surface area contributed by atoms with Gasteiger partial charge in [0.05, 0.1) is 0 Å². The molecule has 4 fully saturated rings. The molecule has 124 valence electrons. The summed E-state index contributed by atoms with van der Waals surface area (Å²) in [6.07, 6.45) is 11.9. The summed E-state index contributed by atoms with van der Waals surface area (Å²) in [6.45, 7) is 2.14. The third-order valence-corrected chi connectivity index (χ3v) is 8.00. The molecule has 0 heterocycles. The molecule has 4 saturated carbocycles. The van der Waals surface area contributed by atoms with Crippen molar-refractivity contribution >= 4 is 11.6 Å². The van der Waals surface area contributed by atoms with Crippen LogP contribution in [-0.2, 0) is 9.59 Å². The summed E-state index contributed by atoms with van der Waals surface area (Å²) in [5.74, 6) is 4.87. The van der Waals surface area contributed by atoms with Crippen molar-refractivity contribution in [2.45, 2.75) is 63.9 Å². The van der Waals surface area contributed by atoms with E-state index >= 15 is 0 Å². The summed E-state index contributed by atoms with van der Waals surface area (Å²) in [5, 5.41) is 10.9. The number of terminal acetylenes is 1. The highest BCUT2D eigenvalue weighted by molar-refractivity contribution is 5.90. The van der Waals surface area contributed by atoms with Crippen LogP contribution in [0.25, 0.3) is 0 Å². The Morgan fingerprint density at radius 1 is 1.09 bits per heavy atom. The lowest BCUT2D eigenvalue weighted by Gasteiger charge is -2.55. The molecule has 4 aliphatic carbocycles. The highest BCUT2D eigenvalue weighted by Gasteiger charge is 2.63. The summed E-state index contributed by atoms with van der Waals surface area (Å²) in [7, 11) is 0. The molecule has 1 N–H and O–H groups in total. The van der Waals surface area contributed by atoms with E-state index in [1.165, 1.54) is 0 Å². The normalized spacial score (nSPS) is 52.3. The van der Waals surface area contributed by atoms with Crippen LogP contribution in [0.4, 0.5) is 0 Å². The molecule has 3 nitrogen and oxygen atoms in total. The summed E-state index contributed by atoms with van der Waals surface area (Å²) >= 11 is 0. The Balaban J connectivity index is 1.66. The van der Waals surface area contributed by atoms with Crippen LogP contribution in [0.3, 0.4) is 0 Å². The van der Waals surface area contributed by atoms with Gasteiger partial charge in [0.15, 0.2) is 0 Å². The summed E-state index contributed by atoms with van der Waals surface area (Å²) < 4.78 is 0. The number of aliphatic hydroxyl groups is 1. The Morgan fingerprint density at radius 3 is 2.61 bits per heavy atom. The average molecular weight is 314 g/mol. The average Bonchev–Trinajstić information content (AvgIpc) is 2.80. The van der Waals surface area contributed by atoms with Crippen molar-refractivity contribution < 1.29 is 14.7 Å². The van der Waals surface area contributed by atoms with Gasteiger partial charge in [0.1, 0.15) is 17.2 Å². The number of hydrogen-bond acceptors (Lipinski definition) is 3. The maximum Gasteiger partial charge on any atom is 0.137 e. The van der Waals surface area contributed by atoms with Crippen LogP contribution >= 0.6 is 0 Å². The van der Waals surface area contributed by atoms with E-state index in [-0.39, 0.29) is 17.1 Å². The molecule has 0 spiro atoms. The van der Waals surface area contributed by atoms with E-state index in [4.69, 9.17) is 6.42 Å². The van der Waals surface area contributed by atoms with Crippen LogP contribution < -0.4 is 0 Å². The van der Waals surface area contributed by atoms with Gasteiger partial charge >= 0.3 is 0 Å². The molecular weight excluding hydrogens is 288 g/mol. The van der Waals surface area contributed by atoms with Gasteiger partial charge in [-0.15, -0.1) is 6.42 Å². The zero-order valence-electron chi connectivity index (χ0n) is 13.9. The molecule has 7 atom stereocenters. The maximum atomic E-state index is 12.7. The monoisotopic (exact) mass is 314 g/mol. The molecule has 1 unspecified atom stereocenters. The fourth-order valence-electron chi connectivity index (χ4n) is 6.67. The van der Waals surface area contributed by atoms with Gasteiger partial charge in [-0.05, 0) is 55.8 Å². The van der Waals surface area contributed by atoms with Gasteiger partial charge in [-0.2, -0.15) is 0 Å². The van der Waals surface area contributed by atoms with Gasteiger partial charge in [0.2, 0.25) is 0 Å². The Labute approximate surface area is 138 Å². The number of hydrogen-bond donors (Lipinski definition) is 1. The molecule has 23 heavy (non-hydrogen) atoms. The van der Waals surface area contributed by atoms with Gasteiger partial charge in [-0.3, -0.25) is 9.59 Å². The Morgan fingerprint density at radius 2 is 1.87 bits per heavy atom. The Kier molecular flexibility index (Phi) is 3.30. The zero-order chi connectivity index (χ0) is 16.4. The molecule has 0 radical (unpaired) electrons. The number of carbonyl (C=O) groups excluding carboxylic acids is 2. The number of rotatable bonds is 0. The van der Waals surface area contributed by atoms with Gasteiger partial charge in [0.25, 0.3) is 0 Å². The highest BCUT2D eigenvalue weighted by Crippen LogP contribution is 2.64. The molecule has 0 aromatic heterocycles. The third kappa shape index (κ3) is 1.94. The Hall–Kier alpha value is -1.14. The second kappa shape index (κ2) is 4.93. The number of fused-ring (bicyclic) bond motifs is 5.